The van der Waals surface area contributed by atoms with Crippen LogP contribution in [-0.4, -0.2) is 22.6 Å². The molecule has 2 N–H and O–H groups in total. The fourth-order valence-electron chi connectivity index (χ4n) is 2.53. The highest BCUT2D eigenvalue weighted by atomic mass is 79.9. The van der Waals surface area contributed by atoms with Gasteiger partial charge in [-0.2, -0.15) is 0 Å². The van der Waals surface area contributed by atoms with E-state index in [2.05, 4.69) is 30.8 Å². The summed E-state index contributed by atoms with van der Waals surface area (Å²) in [5.74, 6) is 0. The molecule has 90 valence electrons. The van der Waals surface area contributed by atoms with Crippen LogP contribution in [0.5, 0.6) is 0 Å². The van der Waals surface area contributed by atoms with Gasteiger partial charge in [0.25, 0.3) is 5.56 Å². The Bertz CT molecular complexity index is 595. The fraction of sp³-hybridized carbons (Fsp3) is 0.417. The van der Waals surface area contributed by atoms with Crippen LogP contribution in [0, 0.1) is 0 Å². The van der Waals surface area contributed by atoms with Gasteiger partial charge < -0.3 is 14.9 Å². The number of aromatic amines is 1. The van der Waals surface area contributed by atoms with Gasteiger partial charge in [-0.15, -0.1) is 0 Å². The molecule has 0 radical (unpaired) electrons. The van der Waals surface area contributed by atoms with E-state index in [-0.39, 0.29) is 5.56 Å². The SMILES string of the molecule is O=c1[nH]ccc2c(Br)cn(C3CCCNC3)c12. The smallest absolute Gasteiger partial charge is 0.272 e. The highest BCUT2D eigenvalue weighted by molar-refractivity contribution is 9.10. The van der Waals surface area contributed by atoms with E-state index in [0.717, 1.165) is 41.3 Å². The van der Waals surface area contributed by atoms with E-state index < -0.39 is 0 Å². The van der Waals surface area contributed by atoms with Crippen molar-refractivity contribution in [2.45, 2.75) is 18.9 Å². The zero-order chi connectivity index (χ0) is 11.8. The van der Waals surface area contributed by atoms with Crippen molar-refractivity contribution in [2.24, 2.45) is 0 Å². The van der Waals surface area contributed by atoms with Crippen LogP contribution >= 0.6 is 15.9 Å². The molecule has 0 aliphatic carbocycles. The first-order valence-corrected chi connectivity index (χ1v) is 6.65. The van der Waals surface area contributed by atoms with Gasteiger partial charge in [0, 0.05) is 34.8 Å². The average molecular weight is 296 g/mol. The molecule has 2 aromatic rings. The number of hydrogen-bond donors (Lipinski definition) is 2. The predicted octanol–water partition coefficient (Wildman–Crippen LogP) is 2.02. The Hall–Kier alpha value is -1.07. The minimum absolute atomic E-state index is 0.0150. The van der Waals surface area contributed by atoms with Gasteiger partial charge in [0.05, 0.1) is 0 Å². The molecule has 1 unspecified atom stereocenters. The summed E-state index contributed by atoms with van der Waals surface area (Å²) in [5, 5.41) is 4.36. The minimum Gasteiger partial charge on any atom is -0.338 e. The maximum atomic E-state index is 11.9. The third kappa shape index (κ3) is 1.83. The minimum atomic E-state index is -0.0150. The van der Waals surface area contributed by atoms with E-state index >= 15 is 0 Å². The number of piperidine rings is 1. The van der Waals surface area contributed by atoms with Crippen molar-refractivity contribution in [2.75, 3.05) is 13.1 Å². The van der Waals surface area contributed by atoms with Crippen LogP contribution in [-0.2, 0) is 0 Å². The lowest BCUT2D eigenvalue weighted by atomic mass is 10.1. The molecule has 0 aromatic carbocycles. The monoisotopic (exact) mass is 295 g/mol. The first-order chi connectivity index (χ1) is 8.27. The van der Waals surface area contributed by atoms with Gasteiger partial charge in [-0.1, -0.05) is 0 Å². The molecule has 17 heavy (non-hydrogen) atoms. The quantitative estimate of drug-likeness (QED) is 0.846. The third-order valence-electron chi connectivity index (χ3n) is 3.37. The largest absolute Gasteiger partial charge is 0.338 e. The second-order valence-corrected chi connectivity index (χ2v) is 5.31. The van der Waals surface area contributed by atoms with Crippen LogP contribution in [0.1, 0.15) is 18.9 Å². The van der Waals surface area contributed by atoms with Crippen LogP contribution < -0.4 is 10.9 Å². The number of H-pyrrole nitrogens is 1. The fourth-order valence-corrected chi connectivity index (χ4v) is 3.07. The number of nitrogens with zero attached hydrogens (tertiary/aromatic N) is 1. The van der Waals surface area contributed by atoms with E-state index in [1.165, 1.54) is 0 Å². The summed E-state index contributed by atoms with van der Waals surface area (Å²) in [6.45, 7) is 2.01. The molecule has 2 aromatic heterocycles. The number of halogens is 1. The van der Waals surface area contributed by atoms with E-state index in [1.54, 1.807) is 6.20 Å². The molecule has 1 saturated heterocycles. The Balaban J connectivity index is 2.19. The zero-order valence-corrected chi connectivity index (χ0v) is 11.0. The Morgan fingerprint density at radius 1 is 1.47 bits per heavy atom. The summed E-state index contributed by atoms with van der Waals surface area (Å²) in [6.07, 6.45) is 6.00. The standard InChI is InChI=1S/C12H14BrN3O/c13-10-7-16(8-2-1-4-14-6-8)11-9(10)3-5-15-12(11)17/h3,5,7-8,14H,1-2,4,6H2,(H,15,17). The molecule has 0 amide bonds. The molecule has 1 fully saturated rings. The van der Waals surface area contributed by atoms with Crippen molar-refractivity contribution in [1.82, 2.24) is 14.9 Å². The summed E-state index contributed by atoms with van der Waals surface area (Å²) in [6, 6.07) is 2.31. The van der Waals surface area contributed by atoms with Crippen molar-refractivity contribution >= 4 is 26.8 Å². The average Bonchev–Trinajstić information content (AvgIpc) is 2.70. The van der Waals surface area contributed by atoms with Gasteiger partial charge in [0.1, 0.15) is 5.52 Å². The molecular formula is C12H14BrN3O. The highest BCUT2D eigenvalue weighted by Crippen LogP contribution is 2.28. The van der Waals surface area contributed by atoms with Gasteiger partial charge in [-0.05, 0) is 41.4 Å². The van der Waals surface area contributed by atoms with Gasteiger partial charge in [0.2, 0.25) is 0 Å². The number of hydrogen-bond acceptors (Lipinski definition) is 2. The maximum absolute atomic E-state index is 11.9. The van der Waals surface area contributed by atoms with Gasteiger partial charge in [-0.25, -0.2) is 0 Å². The first-order valence-electron chi connectivity index (χ1n) is 5.86. The van der Waals surface area contributed by atoms with Gasteiger partial charge in [-0.3, -0.25) is 4.79 Å². The molecular weight excluding hydrogens is 282 g/mol. The third-order valence-corrected chi connectivity index (χ3v) is 4.00. The molecule has 1 aliphatic rings. The summed E-state index contributed by atoms with van der Waals surface area (Å²) in [4.78, 5) is 14.7. The molecule has 0 bridgehead atoms. The Morgan fingerprint density at radius 2 is 2.35 bits per heavy atom. The Labute approximate surface area is 107 Å². The van der Waals surface area contributed by atoms with Crippen LogP contribution in [0.2, 0.25) is 0 Å². The molecule has 4 nitrogen and oxygen atoms in total. The molecule has 0 spiro atoms. The van der Waals surface area contributed by atoms with E-state index in [1.807, 2.05) is 12.3 Å². The van der Waals surface area contributed by atoms with E-state index in [9.17, 15) is 4.79 Å². The van der Waals surface area contributed by atoms with Crippen LogP contribution in [0.3, 0.4) is 0 Å². The number of rotatable bonds is 1. The summed E-state index contributed by atoms with van der Waals surface area (Å²) in [5.41, 5.74) is 0.756. The van der Waals surface area contributed by atoms with Gasteiger partial charge >= 0.3 is 0 Å². The molecule has 3 rings (SSSR count). The predicted molar refractivity (Wildman–Crippen MR) is 71.4 cm³/mol. The topological polar surface area (TPSA) is 49.8 Å². The lowest BCUT2D eigenvalue weighted by Gasteiger charge is -2.24. The highest BCUT2D eigenvalue weighted by Gasteiger charge is 2.19. The summed E-state index contributed by atoms with van der Waals surface area (Å²) >= 11 is 3.52. The van der Waals surface area contributed by atoms with Crippen molar-refractivity contribution in [1.29, 1.82) is 0 Å². The number of aromatic nitrogens is 2. The normalized spacial score (nSPS) is 20.9. The van der Waals surface area contributed by atoms with Gasteiger partial charge in [0.15, 0.2) is 0 Å². The van der Waals surface area contributed by atoms with E-state index in [4.69, 9.17) is 0 Å². The lowest BCUT2D eigenvalue weighted by molar-refractivity contribution is 0.378. The van der Waals surface area contributed by atoms with Crippen LogP contribution in [0.15, 0.2) is 27.7 Å². The maximum Gasteiger partial charge on any atom is 0.272 e. The van der Waals surface area contributed by atoms with Crippen molar-refractivity contribution < 1.29 is 0 Å². The lowest BCUT2D eigenvalue weighted by Crippen LogP contribution is -2.32. The number of pyridine rings is 1. The second kappa shape index (κ2) is 4.31. The molecule has 3 heterocycles. The summed E-state index contributed by atoms with van der Waals surface area (Å²) in [7, 11) is 0. The van der Waals surface area contributed by atoms with Crippen molar-refractivity contribution in [3.8, 4) is 0 Å². The zero-order valence-electron chi connectivity index (χ0n) is 9.37. The number of fused-ring (bicyclic) bond motifs is 1. The van der Waals surface area contributed by atoms with Crippen molar-refractivity contribution in [3.63, 3.8) is 0 Å². The first kappa shape index (κ1) is 11.0. The molecule has 1 atom stereocenters. The molecule has 0 saturated carbocycles. The van der Waals surface area contributed by atoms with Crippen LogP contribution in [0.4, 0.5) is 0 Å². The Kier molecular flexibility index (Phi) is 2.80. The summed E-state index contributed by atoms with van der Waals surface area (Å²) < 4.78 is 3.09. The van der Waals surface area contributed by atoms with Crippen molar-refractivity contribution in [3.05, 3.63) is 33.3 Å². The second-order valence-electron chi connectivity index (χ2n) is 4.45. The Morgan fingerprint density at radius 3 is 3.12 bits per heavy atom. The molecule has 1 aliphatic heterocycles. The van der Waals surface area contributed by atoms with E-state index in [0.29, 0.717) is 6.04 Å². The number of nitrogens with one attached hydrogen (secondary N) is 2. The van der Waals surface area contributed by atoms with Crippen LogP contribution in [0.25, 0.3) is 10.9 Å². The molecule has 5 heteroatoms.